The van der Waals surface area contributed by atoms with E-state index < -0.39 is 13.2 Å². The van der Waals surface area contributed by atoms with Crippen LogP contribution in [-0.4, -0.2) is 23.4 Å². The molecule has 0 heterocycles. The van der Waals surface area contributed by atoms with Gasteiger partial charge < -0.3 is 0 Å². The van der Waals surface area contributed by atoms with Crippen LogP contribution in [0, 0.1) is 0 Å². The van der Waals surface area contributed by atoms with Crippen LogP contribution in [0.15, 0.2) is 30.3 Å². The number of alkyl halides is 15. The molecule has 0 N–H and O–H groups in total. The fraction of sp³-hybridized carbons (Fsp3) is 0.500. The second-order valence-corrected chi connectivity index (χ2v) is 11.6. The molecule has 0 fully saturated rings. The number of halogens is 16. The van der Waals surface area contributed by atoms with Gasteiger partial charge in [0, 0.05) is 5.02 Å². The predicted molar refractivity (Wildman–Crippen MR) is 129 cm³/mol. The van der Waals surface area contributed by atoms with E-state index in [9.17, 15) is 13.2 Å². The van der Waals surface area contributed by atoms with E-state index in [1.165, 1.54) is 0 Å². The molecule has 0 amide bonds. The molecule has 28 heavy (non-hydrogen) atoms. The summed E-state index contributed by atoms with van der Waals surface area (Å²) in [6, 6.07) is 9.44. The summed E-state index contributed by atoms with van der Waals surface area (Å²) in [4.78, 5) is -0.222. The van der Waals surface area contributed by atoms with Crippen molar-refractivity contribution in [2.24, 2.45) is 0 Å². The first-order chi connectivity index (χ1) is 12.3. The Morgan fingerprint density at radius 2 is 0.929 bits per heavy atom. The van der Waals surface area contributed by atoms with Crippen LogP contribution < -0.4 is 0 Å². The van der Waals surface area contributed by atoms with Crippen LogP contribution in [0.3, 0.4) is 0 Å². The summed E-state index contributed by atoms with van der Waals surface area (Å²) in [7, 11) is 0. The third kappa shape index (κ3) is 191. The van der Waals surface area contributed by atoms with Crippen molar-refractivity contribution in [3.63, 3.8) is 0 Å². The van der Waals surface area contributed by atoms with Gasteiger partial charge in [-0.15, -0.1) is 46.4 Å². The van der Waals surface area contributed by atoms with Crippen LogP contribution in [0.25, 0.3) is 0 Å². The standard InChI is InChI=1S/C6H5Cl.C2H4Cl2.CCl4.CHCl3.CH2Cl2.CClF3/c7-6-4-2-1-3-5-6;1-2(3)4;2-1(3,4)5;2-1(3)4;2-1-3;2-1(3,4)5/h1-5H;2H,1H3;;1H;1H2;. The summed E-state index contributed by atoms with van der Waals surface area (Å²) in [5, 5.41) is 0.988. The molecule has 0 radical (unpaired) electrons. The van der Waals surface area contributed by atoms with Crippen molar-refractivity contribution in [1.29, 1.82) is 0 Å². The molecule has 1 rings (SSSR count). The van der Waals surface area contributed by atoms with Crippen LogP contribution in [0.1, 0.15) is 6.92 Å². The van der Waals surface area contributed by atoms with Crippen LogP contribution in [0.2, 0.25) is 5.02 Å². The van der Waals surface area contributed by atoms with E-state index >= 15 is 0 Å². The van der Waals surface area contributed by atoms with Gasteiger partial charge in [0.1, 0.15) is 4.84 Å². The number of hydrogen-bond donors (Lipinski definition) is 0. The van der Waals surface area contributed by atoms with Gasteiger partial charge in [-0.3, -0.25) is 0 Å². The van der Waals surface area contributed by atoms with Crippen molar-refractivity contribution < 1.29 is 13.2 Å². The Labute approximate surface area is 227 Å². The van der Waals surface area contributed by atoms with E-state index in [0.29, 0.717) is 0 Å². The number of rotatable bonds is 0. The van der Waals surface area contributed by atoms with Crippen molar-refractivity contribution >= 4 is 151 Å². The summed E-state index contributed by atoms with van der Waals surface area (Å²) in [5.74, 6) is 0. The summed E-state index contributed by atoms with van der Waals surface area (Å²) in [6.07, 6.45) is 0. The molecule has 0 saturated heterocycles. The van der Waals surface area contributed by atoms with Crippen molar-refractivity contribution in [2.45, 2.75) is 24.9 Å². The van der Waals surface area contributed by atoms with Gasteiger partial charge in [-0.1, -0.05) is 111 Å². The molecule has 0 saturated carbocycles. The maximum absolute atomic E-state index is 10.1. The van der Waals surface area contributed by atoms with E-state index in [1.54, 1.807) is 6.92 Å². The summed E-state index contributed by atoms with van der Waals surface area (Å²) in [5.41, 5.74) is -4.53. The molecule has 0 aliphatic heterocycles. The van der Waals surface area contributed by atoms with Gasteiger partial charge in [-0.2, -0.15) is 13.2 Å². The maximum atomic E-state index is 10.1. The monoisotopic (exact) mass is 668 g/mol. The zero-order valence-electron chi connectivity index (χ0n) is 13.3. The Balaban J connectivity index is -0.0000000775. The van der Waals surface area contributed by atoms with Crippen molar-refractivity contribution in [2.75, 3.05) is 5.34 Å². The first kappa shape index (κ1) is 41.1. The first-order valence-electron chi connectivity index (χ1n) is 5.81. The second-order valence-electron chi connectivity index (χ2n) is 3.02. The minimum absolute atomic E-state index is 0.194. The Morgan fingerprint density at radius 3 is 1.00 bits per heavy atom. The van der Waals surface area contributed by atoms with Gasteiger partial charge in [0.25, 0.3) is 3.25 Å². The van der Waals surface area contributed by atoms with E-state index in [2.05, 4.69) is 11.6 Å². The average Bonchev–Trinajstić information content (AvgIpc) is 2.34. The molecule has 0 aliphatic rings. The summed E-state index contributed by atoms with van der Waals surface area (Å²) < 4.78 is 28.0. The Kier molecular flexibility index (Phi) is 40.8. The molecule has 0 nitrogen and oxygen atoms in total. The van der Waals surface area contributed by atoms with Gasteiger partial charge in [-0.05, 0) is 30.7 Å². The van der Waals surface area contributed by atoms with Crippen molar-refractivity contribution in [3.8, 4) is 0 Å². The molecule has 172 valence electrons. The molecular formula is C12H12Cl13F3. The Hall–Kier alpha value is 2.78. The predicted octanol–water partition coefficient (Wildman–Crippen LogP) is 11.9. The van der Waals surface area contributed by atoms with E-state index in [0.717, 1.165) is 5.02 Å². The smallest absolute Gasteiger partial charge is 0.156 e. The topological polar surface area (TPSA) is 0 Å². The minimum Gasteiger partial charge on any atom is -0.156 e. The van der Waals surface area contributed by atoms with Gasteiger partial charge in [-0.25, -0.2) is 0 Å². The molecule has 1 aromatic carbocycles. The lowest BCUT2D eigenvalue weighted by atomic mass is 10.4. The normalized spacial score (nSPS) is 9.68. The molecule has 0 aliphatic carbocycles. The Morgan fingerprint density at radius 1 is 0.786 bits per heavy atom. The summed E-state index contributed by atoms with van der Waals surface area (Å²) in [6.45, 7) is 1.70. The molecule has 0 aromatic heterocycles. The fourth-order valence-electron chi connectivity index (χ4n) is 0.415. The summed E-state index contributed by atoms with van der Waals surface area (Å²) >= 11 is 62.4. The molecular weight excluding hydrogens is 662 g/mol. The van der Waals surface area contributed by atoms with E-state index in [-0.39, 0.29) is 10.2 Å². The van der Waals surface area contributed by atoms with Crippen LogP contribution in [0.4, 0.5) is 13.2 Å². The largest absolute Gasteiger partial charge is 0.475 e. The third-order valence-corrected chi connectivity index (χ3v) is 0.985. The quantitative estimate of drug-likeness (QED) is 0.240. The van der Waals surface area contributed by atoms with Gasteiger partial charge in [0.05, 0.1) is 5.34 Å². The average molecular weight is 674 g/mol. The van der Waals surface area contributed by atoms with E-state index in [4.69, 9.17) is 139 Å². The molecule has 0 spiro atoms. The van der Waals surface area contributed by atoms with Gasteiger partial charge in [0.2, 0.25) is 0 Å². The SMILES string of the molecule is CC(Cl)Cl.ClC(Cl)(Cl)Cl.ClC(Cl)Cl.ClCCl.Clc1ccccc1.FC(F)(F)Cl. The molecule has 16 heteroatoms. The first-order valence-corrected chi connectivity index (χ1v) is 11.3. The molecule has 0 atom stereocenters. The zero-order chi connectivity index (χ0) is 24.0. The van der Waals surface area contributed by atoms with Crippen LogP contribution in [0.5, 0.6) is 0 Å². The lowest BCUT2D eigenvalue weighted by molar-refractivity contribution is -0.0420. The lowest BCUT2D eigenvalue weighted by Crippen LogP contribution is -1.89. The molecule has 0 unspecified atom stereocenters. The van der Waals surface area contributed by atoms with Gasteiger partial charge in [0.15, 0.2) is 4.30 Å². The fourth-order valence-corrected chi connectivity index (χ4v) is 0.560. The minimum atomic E-state index is -4.53. The highest BCUT2D eigenvalue weighted by Gasteiger charge is 2.20. The van der Waals surface area contributed by atoms with Crippen molar-refractivity contribution in [3.05, 3.63) is 35.4 Å². The molecule has 1 aromatic rings. The van der Waals surface area contributed by atoms with E-state index in [1.807, 2.05) is 30.3 Å². The number of benzene rings is 1. The highest BCUT2D eigenvalue weighted by atomic mass is 35.6. The van der Waals surface area contributed by atoms with Crippen LogP contribution >= 0.6 is 151 Å². The second kappa shape index (κ2) is 27.8. The third-order valence-electron chi connectivity index (χ3n) is 0.733. The highest BCUT2D eigenvalue weighted by Crippen LogP contribution is 2.29. The molecule has 0 bridgehead atoms. The highest BCUT2D eigenvalue weighted by molar-refractivity contribution is 6.83. The van der Waals surface area contributed by atoms with Gasteiger partial charge >= 0.3 is 5.64 Å². The van der Waals surface area contributed by atoms with Crippen molar-refractivity contribution in [1.82, 2.24) is 0 Å². The zero-order valence-corrected chi connectivity index (χ0v) is 23.1. The maximum Gasteiger partial charge on any atom is 0.475 e. The lowest BCUT2D eigenvalue weighted by Gasteiger charge is -1.91. The Bertz CT molecular complexity index is 347. The van der Waals surface area contributed by atoms with Crippen LogP contribution in [-0.2, 0) is 0 Å². The number of hydrogen-bond acceptors (Lipinski definition) is 0.